The Morgan fingerprint density at radius 1 is 1.00 bits per heavy atom. The van der Waals surface area contributed by atoms with Crippen LogP contribution in [-0.4, -0.2) is 19.7 Å². The molecule has 3 aromatic rings. The molecule has 2 N–H and O–H groups in total. The number of hydrogen-bond acceptors (Lipinski definition) is 5. The first-order valence-corrected chi connectivity index (χ1v) is 10.7. The van der Waals surface area contributed by atoms with Crippen molar-refractivity contribution in [3.63, 3.8) is 0 Å². The second-order valence-corrected chi connectivity index (χ2v) is 8.85. The molecular weight excluding hydrogens is 360 g/mol. The summed E-state index contributed by atoms with van der Waals surface area (Å²) in [6.45, 7) is 1.96. The van der Waals surface area contributed by atoms with Gasteiger partial charge in [-0.25, -0.2) is 18.5 Å². The maximum absolute atomic E-state index is 11.4. The number of nitrogens with two attached hydrogens (primary N) is 1. The maximum atomic E-state index is 11.4. The van der Waals surface area contributed by atoms with Gasteiger partial charge in [-0.1, -0.05) is 24.3 Å². The van der Waals surface area contributed by atoms with Gasteiger partial charge in [0, 0.05) is 10.5 Å². The Kier molecular flexibility index (Phi) is 4.78. The summed E-state index contributed by atoms with van der Waals surface area (Å²) in [6.07, 6.45) is 2.04. The van der Waals surface area contributed by atoms with E-state index in [1.165, 1.54) is 17.0 Å². The Balaban J connectivity index is 2.05. The quantitative estimate of drug-likeness (QED) is 0.694. The zero-order chi connectivity index (χ0) is 17.3. The lowest BCUT2D eigenvalue weighted by atomic mass is 10.1. The van der Waals surface area contributed by atoms with Gasteiger partial charge in [0.25, 0.3) is 0 Å². The average Bonchev–Trinajstić information content (AvgIpc) is 2.96. The van der Waals surface area contributed by atoms with Crippen LogP contribution in [0.15, 0.2) is 58.3 Å². The van der Waals surface area contributed by atoms with E-state index in [0.717, 1.165) is 26.7 Å². The van der Waals surface area contributed by atoms with Crippen LogP contribution in [0.2, 0.25) is 0 Å². The minimum atomic E-state index is -3.68. The van der Waals surface area contributed by atoms with Gasteiger partial charge in [-0.15, -0.1) is 23.1 Å². The van der Waals surface area contributed by atoms with Crippen molar-refractivity contribution in [3.05, 3.63) is 53.5 Å². The topological polar surface area (TPSA) is 73.0 Å². The van der Waals surface area contributed by atoms with E-state index in [4.69, 9.17) is 5.14 Å². The highest BCUT2D eigenvalue weighted by Crippen LogP contribution is 2.37. The molecule has 2 aromatic carbocycles. The zero-order valence-corrected chi connectivity index (χ0v) is 15.6. The van der Waals surface area contributed by atoms with Crippen LogP contribution < -0.4 is 5.14 Å². The van der Waals surface area contributed by atoms with E-state index < -0.39 is 10.0 Å². The molecule has 124 valence electrons. The standard InChI is InChI=1S/C17H16N2O2S3/c1-11-19-16(12-3-7-14(22-2)8-4-12)17(23-11)13-5-9-15(10-6-13)24(18,20)21/h3-10H,1-2H3,(H2,18,20,21). The molecule has 0 aliphatic carbocycles. The minimum absolute atomic E-state index is 0.110. The van der Waals surface area contributed by atoms with Crippen LogP contribution in [0.4, 0.5) is 0 Å². The highest BCUT2D eigenvalue weighted by Gasteiger charge is 2.14. The molecular formula is C17H16N2O2S3. The number of rotatable bonds is 4. The van der Waals surface area contributed by atoms with Gasteiger partial charge in [0.2, 0.25) is 10.0 Å². The van der Waals surface area contributed by atoms with Crippen molar-refractivity contribution in [1.82, 2.24) is 4.98 Å². The summed E-state index contributed by atoms with van der Waals surface area (Å²) in [5.41, 5.74) is 2.88. The van der Waals surface area contributed by atoms with Gasteiger partial charge in [0.05, 0.1) is 20.5 Å². The van der Waals surface area contributed by atoms with Crippen molar-refractivity contribution in [3.8, 4) is 21.7 Å². The molecule has 1 aromatic heterocycles. The highest BCUT2D eigenvalue weighted by atomic mass is 32.2. The van der Waals surface area contributed by atoms with Gasteiger partial charge in [0.1, 0.15) is 0 Å². The normalized spacial score (nSPS) is 11.6. The summed E-state index contributed by atoms with van der Waals surface area (Å²) < 4.78 is 22.8. The van der Waals surface area contributed by atoms with Gasteiger partial charge >= 0.3 is 0 Å². The molecule has 0 atom stereocenters. The largest absolute Gasteiger partial charge is 0.241 e. The fourth-order valence-electron chi connectivity index (χ4n) is 2.36. The van der Waals surface area contributed by atoms with Gasteiger partial charge < -0.3 is 0 Å². The van der Waals surface area contributed by atoms with E-state index in [1.807, 2.05) is 13.2 Å². The second-order valence-electron chi connectivity index (χ2n) is 5.21. The van der Waals surface area contributed by atoms with E-state index >= 15 is 0 Å². The average molecular weight is 377 g/mol. The summed E-state index contributed by atoms with van der Waals surface area (Å²) in [7, 11) is -3.68. The Labute approximate surface area is 149 Å². The van der Waals surface area contributed by atoms with E-state index in [-0.39, 0.29) is 4.90 Å². The molecule has 4 nitrogen and oxygen atoms in total. The summed E-state index contributed by atoms with van der Waals surface area (Å²) in [5.74, 6) is 0. The summed E-state index contributed by atoms with van der Waals surface area (Å²) in [5, 5.41) is 6.12. The molecule has 0 aliphatic rings. The van der Waals surface area contributed by atoms with Crippen molar-refractivity contribution < 1.29 is 8.42 Å². The Bertz CT molecular complexity index is 960. The second kappa shape index (κ2) is 6.68. The molecule has 0 spiro atoms. The Morgan fingerprint density at radius 2 is 1.58 bits per heavy atom. The van der Waals surface area contributed by atoms with Crippen LogP contribution in [0, 0.1) is 6.92 Å². The van der Waals surface area contributed by atoms with E-state index in [9.17, 15) is 8.42 Å². The Hall–Kier alpha value is -1.67. The third-order valence-electron chi connectivity index (χ3n) is 3.54. The predicted molar refractivity (Wildman–Crippen MR) is 101 cm³/mol. The number of hydrogen-bond donors (Lipinski definition) is 1. The minimum Gasteiger partial charge on any atom is -0.241 e. The van der Waals surface area contributed by atoms with Crippen molar-refractivity contribution >= 4 is 33.1 Å². The number of thiazole rings is 1. The molecule has 3 rings (SSSR count). The lowest BCUT2D eigenvalue weighted by Gasteiger charge is -2.05. The Morgan fingerprint density at radius 3 is 2.12 bits per heavy atom. The van der Waals surface area contributed by atoms with Crippen molar-refractivity contribution in [2.75, 3.05) is 6.26 Å². The maximum Gasteiger partial charge on any atom is 0.238 e. The third-order valence-corrected chi connectivity index (χ3v) is 6.24. The zero-order valence-electron chi connectivity index (χ0n) is 13.2. The predicted octanol–water partition coefficient (Wildman–Crippen LogP) is 4.15. The molecule has 0 saturated carbocycles. The fourth-order valence-corrected chi connectivity index (χ4v) is 4.23. The summed E-state index contributed by atoms with van der Waals surface area (Å²) >= 11 is 3.28. The SMILES string of the molecule is CSc1ccc(-c2nc(C)sc2-c2ccc(S(N)(=O)=O)cc2)cc1. The van der Waals surface area contributed by atoms with E-state index in [1.54, 1.807) is 35.2 Å². The molecule has 0 unspecified atom stereocenters. The molecule has 7 heteroatoms. The molecule has 0 aliphatic heterocycles. The third kappa shape index (κ3) is 3.54. The molecule has 0 bridgehead atoms. The van der Waals surface area contributed by atoms with Crippen LogP contribution in [-0.2, 0) is 10.0 Å². The van der Waals surface area contributed by atoms with Crippen molar-refractivity contribution in [2.24, 2.45) is 5.14 Å². The molecule has 24 heavy (non-hydrogen) atoms. The van der Waals surface area contributed by atoms with Crippen LogP contribution in [0.5, 0.6) is 0 Å². The fraction of sp³-hybridized carbons (Fsp3) is 0.118. The van der Waals surface area contributed by atoms with Gasteiger partial charge in [-0.3, -0.25) is 0 Å². The first-order valence-electron chi connectivity index (χ1n) is 7.13. The number of primary sulfonamides is 1. The van der Waals surface area contributed by atoms with Crippen LogP contribution in [0.1, 0.15) is 5.01 Å². The smallest absolute Gasteiger partial charge is 0.238 e. The first kappa shape index (κ1) is 17.2. The number of aryl methyl sites for hydroxylation is 1. The molecule has 0 radical (unpaired) electrons. The van der Waals surface area contributed by atoms with Gasteiger partial charge in [-0.05, 0) is 43.0 Å². The van der Waals surface area contributed by atoms with Crippen LogP contribution in [0.3, 0.4) is 0 Å². The summed E-state index contributed by atoms with van der Waals surface area (Å²) in [6, 6.07) is 14.9. The van der Waals surface area contributed by atoms with E-state index in [2.05, 4.69) is 29.2 Å². The number of aromatic nitrogens is 1. The number of nitrogens with zero attached hydrogens (tertiary/aromatic N) is 1. The number of benzene rings is 2. The van der Waals surface area contributed by atoms with Crippen LogP contribution in [0.25, 0.3) is 21.7 Å². The van der Waals surface area contributed by atoms with E-state index in [0.29, 0.717) is 0 Å². The molecule has 0 amide bonds. The van der Waals surface area contributed by atoms with Gasteiger partial charge in [-0.2, -0.15) is 0 Å². The lowest BCUT2D eigenvalue weighted by Crippen LogP contribution is -2.11. The number of thioether (sulfide) groups is 1. The van der Waals surface area contributed by atoms with Crippen molar-refractivity contribution in [1.29, 1.82) is 0 Å². The first-order chi connectivity index (χ1) is 11.4. The molecule has 0 fully saturated rings. The summed E-state index contributed by atoms with van der Waals surface area (Å²) in [4.78, 5) is 6.98. The van der Waals surface area contributed by atoms with Gasteiger partial charge in [0.15, 0.2) is 0 Å². The highest BCUT2D eigenvalue weighted by molar-refractivity contribution is 7.98. The number of sulfonamides is 1. The van der Waals surface area contributed by atoms with Crippen LogP contribution >= 0.6 is 23.1 Å². The monoisotopic (exact) mass is 376 g/mol. The molecule has 1 heterocycles. The lowest BCUT2D eigenvalue weighted by molar-refractivity contribution is 0.598. The van der Waals surface area contributed by atoms with Crippen molar-refractivity contribution in [2.45, 2.75) is 16.7 Å². The molecule has 0 saturated heterocycles.